The number of aliphatic hydroxyl groups is 1. The molecule has 0 radical (unpaired) electrons. The van der Waals surface area contributed by atoms with Gasteiger partial charge >= 0.3 is 0 Å². The highest BCUT2D eigenvalue weighted by atomic mass is 32.1. The van der Waals surface area contributed by atoms with Gasteiger partial charge in [0.05, 0.1) is 6.10 Å². The Bertz CT molecular complexity index is 405. The number of aliphatic hydroxyl groups excluding tert-OH is 1. The second-order valence-corrected chi connectivity index (χ2v) is 4.09. The lowest BCUT2D eigenvalue weighted by atomic mass is 10.1. The zero-order valence-electron chi connectivity index (χ0n) is 7.53. The molecule has 1 heterocycles. The van der Waals surface area contributed by atoms with Crippen molar-refractivity contribution in [3.05, 3.63) is 35.2 Å². The number of hydrogen-bond acceptors (Lipinski definition) is 2. The minimum Gasteiger partial charge on any atom is -0.388 e. The van der Waals surface area contributed by atoms with E-state index in [1.807, 2.05) is 13.0 Å². The number of hydrogen-bond donors (Lipinski definition) is 1. The minimum absolute atomic E-state index is 0.315. The Morgan fingerprint density at radius 2 is 2.23 bits per heavy atom. The summed E-state index contributed by atoms with van der Waals surface area (Å²) in [6.45, 7) is 1.99. The molecule has 0 saturated carbocycles. The molecule has 0 amide bonds. The van der Waals surface area contributed by atoms with Gasteiger partial charge < -0.3 is 5.11 Å². The summed E-state index contributed by atoms with van der Waals surface area (Å²) in [6, 6.07) is 8.24. The van der Waals surface area contributed by atoms with Crippen molar-refractivity contribution in [2.75, 3.05) is 0 Å². The highest BCUT2D eigenvalue weighted by Gasteiger charge is 2.05. The van der Waals surface area contributed by atoms with Crippen molar-refractivity contribution in [3.8, 4) is 0 Å². The largest absolute Gasteiger partial charge is 0.388 e. The molecule has 1 aromatic carbocycles. The molecule has 2 rings (SSSR count). The fourth-order valence-corrected chi connectivity index (χ4v) is 2.20. The van der Waals surface area contributed by atoms with Crippen molar-refractivity contribution in [3.63, 3.8) is 0 Å². The Balaban J connectivity index is 2.48. The maximum absolute atomic E-state index is 9.63. The van der Waals surface area contributed by atoms with Crippen LogP contribution in [0.15, 0.2) is 29.6 Å². The van der Waals surface area contributed by atoms with Crippen LogP contribution < -0.4 is 0 Å². The van der Waals surface area contributed by atoms with Gasteiger partial charge in [-0.2, -0.15) is 0 Å². The first-order valence-corrected chi connectivity index (χ1v) is 5.34. The molecule has 0 spiro atoms. The topological polar surface area (TPSA) is 20.2 Å². The lowest BCUT2D eigenvalue weighted by Gasteiger charge is -2.07. The molecular weight excluding hydrogens is 180 g/mol. The van der Waals surface area contributed by atoms with Crippen LogP contribution in [0.5, 0.6) is 0 Å². The van der Waals surface area contributed by atoms with Crippen LogP contribution in [-0.2, 0) is 0 Å². The van der Waals surface area contributed by atoms with Gasteiger partial charge in [-0.25, -0.2) is 0 Å². The summed E-state index contributed by atoms with van der Waals surface area (Å²) in [4.78, 5) is 0. The highest BCUT2D eigenvalue weighted by Crippen LogP contribution is 2.25. The summed E-state index contributed by atoms with van der Waals surface area (Å²) in [5, 5.41) is 12.9. The maximum atomic E-state index is 9.63. The SMILES string of the molecule is CC[C@H](O)c1ccc2sccc2c1. The Kier molecular flexibility index (Phi) is 2.34. The summed E-state index contributed by atoms with van der Waals surface area (Å²) in [5.41, 5.74) is 1.02. The molecular formula is C11H12OS. The molecule has 0 aliphatic carbocycles. The van der Waals surface area contributed by atoms with Crippen molar-refractivity contribution in [1.29, 1.82) is 0 Å². The quantitative estimate of drug-likeness (QED) is 0.773. The summed E-state index contributed by atoms with van der Waals surface area (Å²) < 4.78 is 1.28. The number of benzene rings is 1. The third-order valence-corrected chi connectivity index (χ3v) is 3.15. The summed E-state index contributed by atoms with van der Waals surface area (Å²) in [5.74, 6) is 0. The molecule has 1 aromatic heterocycles. The zero-order chi connectivity index (χ0) is 9.26. The Morgan fingerprint density at radius 3 is 3.00 bits per heavy atom. The van der Waals surface area contributed by atoms with Crippen LogP contribution >= 0.6 is 11.3 Å². The summed E-state index contributed by atoms with van der Waals surface area (Å²) in [6.07, 6.45) is 0.458. The molecule has 13 heavy (non-hydrogen) atoms. The minimum atomic E-state index is -0.315. The monoisotopic (exact) mass is 192 g/mol. The molecule has 1 nitrogen and oxygen atoms in total. The first-order valence-electron chi connectivity index (χ1n) is 4.46. The Hall–Kier alpha value is -0.860. The molecule has 1 N–H and O–H groups in total. The third-order valence-electron chi connectivity index (χ3n) is 2.25. The molecule has 0 saturated heterocycles. The molecule has 1 atom stereocenters. The first kappa shape index (κ1) is 8.73. The van der Waals surface area contributed by atoms with Gasteiger partial charge in [0.2, 0.25) is 0 Å². The van der Waals surface area contributed by atoms with Gasteiger partial charge in [-0.3, -0.25) is 0 Å². The second kappa shape index (κ2) is 3.48. The van der Waals surface area contributed by atoms with Crippen LogP contribution in [0.2, 0.25) is 0 Å². The maximum Gasteiger partial charge on any atom is 0.0787 e. The van der Waals surface area contributed by atoms with Crippen molar-refractivity contribution >= 4 is 21.4 Å². The van der Waals surface area contributed by atoms with Crippen molar-refractivity contribution < 1.29 is 5.11 Å². The zero-order valence-corrected chi connectivity index (χ0v) is 8.34. The van der Waals surface area contributed by atoms with E-state index in [4.69, 9.17) is 0 Å². The lowest BCUT2D eigenvalue weighted by Crippen LogP contribution is -1.93. The van der Waals surface area contributed by atoms with Gasteiger partial charge in [-0.05, 0) is 40.9 Å². The van der Waals surface area contributed by atoms with Crippen LogP contribution in [0.4, 0.5) is 0 Å². The highest BCUT2D eigenvalue weighted by molar-refractivity contribution is 7.17. The first-order chi connectivity index (χ1) is 6.31. The number of fused-ring (bicyclic) bond motifs is 1. The molecule has 0 bridgehead atoms. The van der Waals surface area contributed by atoms with Crippen LogP contribution in [-0.4, -0.2) is 5.11 Å². The predicted molar refractivity (Wildman–Crippen MR) is 57.1 cm³/mol. The molecule has 0 aliphatic rings. The molecule has 2 heteroatoms. The van der Waals surface area contributed by atoms with Gasteiger partial charge in [-0.1, -0.05) is 13.0 Å². The van der Waals surface area contributed by atoms with Gasteiger partial charge in [0.15, 0.2) is 0 Å². The molecule has 0 aliphatic heterocycles. The van der Waals surface area contributed by atoms with Gasteiger partial charge in [0.1, 0.15) is 0 Å². The second-order valence-electron chi connectivity index (χ2n) is 3.14. The van der Waals surface area contributed by atoms with Crippen molar-refractivity contribution in [2.24, 2.45) is 0 Å². The van der Waals surface area contributed by atoms with Crippen LogP contribution in [0, 0.1) is 0 Å². The Labute approximate surface area is 81.6 Å². The van der Waals surface area contributed by atoms with E-state index in [0.717, 1.165) is 12.0 Å². The van der Waals surface area contributed by atoms with Gasteiger partial charge in [0, 0.05) is 4.70 Å². The number of thiophene rings is 1. The average Bonchev–Trinajstić information content (AvgIpc) is 2.63. The van der Waals surface area contributed by atoms with Gasteiger partial charge in [0.25, 0.3) is 0 Å². The fraction of sp³-hybridized carbons (Fsp3) is 0.273. The van der Waals surface area contributed by atoms with E-state index in [9.17, 15) is 5.11 Å². The van der Waals surface area contributed by atoms with E-state index in [2.05, 4.69) is 23.6 Å². The number of rotatable bonds is 2. The van der Waals surface area contributed by atoms with Crippen molar-refractivity contribution in [2.45, 2.75) is 19.4 Å². The van der Waals surface area contributed by atoms with Crippen LogP contribution in [0.1, 0.15) is 25.0 Å². The Morgan fingerprint density at radius 1 is 1.38 bits per heavy atom. The van der Waals surface area contributed by atoms with E-state index in [-0.39, 0.29) is 6.10 Å². The third kappa shape index (κ3) is 1.60. The van der Waals surface area contributed by atoms with E-state index in [1.165, 1.54) is 10.1 Å². The fourth-order valence-electron chi connectivity index (χ4n) is 1.43. The average molecular weight is 192 g/mol. The van der Waals surface area contributed by atoms with Crippen LogP contribution in [0.3, 0.4) is 0 Å². The van der Waals surface area contributed by atoms with E-state index >= 15 is 0 Å². The van der Waals surface area contributed by atoms with Crippen LogP contribution in [0.25, 0.3) is 10.1 Å². The van der Waals surface area contributed by atoms with Crippen molar-refractivity contribution in [1.82, 2.24) is 0 Å². The molecule has 2 aromatic rings. The molecule has 0 unspecified atom stereocenters. The smallest absolute Gasteiger partial charge is 0.0787 e. The standard InChI is InChI=1S/C11H12OS/c1-2-10(12)8-3-4-11-9(7-8)5-6-13-11/h3-7,10,12H,2H2,1H3/t10-/m0/s1. The van der Waals surface area contributed by atoms with E-state index in [1.54, 1.807) is 11.3 Å². The van der Waals surface area contributed by atoms with E-state index in [0.29, 0.717) is 0 Å². The predicted octanol–water partition coefficient (Wildman–Crippen LogP) is 3.34. The van der Waals surface area contributed by atoms with Gasteiger partial charge in [-0.15, -0.1) is 11.3 Å². The van der Waals surface area contributed by atoms with E-state index < -0.39 is 0 Å². The molecule has 68 valence electrons. The normalized spacial score (nSPS) is 13.4. The lowest BCUT2D eigenvalue weighted by molar-refractivity contribution is 0.174. The summed E-state index contributed by atoms with van der Waals surface area (Å²) in [7, 11) is 0. The summed E-state index contributed by atoms with van der Waals surface area (Å²) >= 11 is 1.73. The molecule has 0 fully saturated rings.